The van der Waals surface area contributed by atoms with Gasteiger partial charge in [-0.2, -0.15) is 0 Å². The molecule has 0 fully saturated rings. The summed E-state index contributed by atoms with van der Waals surface area (Å²) in [6.07, 6.45) is 0.618. The lowest BCUT2D eigenvalue weighted by Gasteiger charge is -2.16. The third-order valence-corrected chi connectivity index (χ3v) is 4.84. The number of rotatable bonds is 6. The van der Waals surface area contributed by atoms with Crippen molar-refractivity contribution < 1.29 is 14.3 Å². The quantitative estimate of drug-likeness (QED) is 0.750. The number of carbonyl (C=O) groups is 1. The molecule has 1 N–H and O–H groups in total. The van der Waals surface area contributed by atoms with Gasteiger partial charge in [0.1, 0.15) is 0 Å². The number of hydrogen-bond acceptors (Lipinski definition) is 3. The Kier molecular flexibility index (Phi) is 5.33. The molecule has 0 unspecified atom stereocenters. The van der Waals surface area contributed by atoms with Crippen LogP contribution in [0.5, 0.6) is 11.5 Å². The Bertz CT molecular complexity index is 804. The topological polar surface area (TPSA) is 47.6 Å². The second-order valence-corrected chi connectivity index (χ2v) is 6.96. The van der Waals surface area contributed by atoms with E-state index in [1.165, 1.54) is 0 Å². The number of ether oxygens (including phenoxy) is 2. The number of carbonyl (C=O) groups excluding carboxylic acids is 1. The lowest BCUT2D eigenvalue weighted by Crippen LogP contribution is -2.14. The minimum Gasteiger partial charge on any atom is -0.490 e. The van der Waals surface area contributed by atoms with Crippen molar-refractivity contribution in [3.8, 4) is 11.5 Å². The van der Waals surface area contributed by atoms with Crippen LogP contribution in [-0.4, -0.2) is 19.1 Å². The molecule has 0 spiro atoms. The van der Waals surface area contributed by atoms with Crippen LogP contribution in [0.2, 0.25) is 0 Å². The van der Waals surface area contributed by atoms with Gasteiger partial charge >= 0.3 is 0 Å². The molecule has 2 aromatic carbocycles. The first-order valence-electron chi connectivity index (χ1n) is 8.52. The van der Waals surface area contributed by atoms with Crippen molar-refractivity contribution in [2.45, 2.75) is 33.1 Å². The minimum atomic E-state index is -0.186. The van der Waals surface area contributed by atoms with E-state index >= 15 is 0 Å². The van der Waals surface area contributed by atoms with Crippen LogP contribution in [0.4, 0.5) is 5.69 Å². The van der Waals surface area contributed by atoms with Gasteiger partial charge in [0.15, 0.2) is 11.5 Å². The Morgan fingerprint density at radius 2 is 1.88 bits per heavy atom. The maximum atomic E-state index is 12.4. The maximum Gasteiger partial charge on any atom is 0.232 e. The third-order valence-electron chi connectivity index (χ3n) is 4.25. The van der Waals surface area contributed by atoms with Gasteiger partial charge in [0.25, 0.3) is 0 Å². The Morgan fingerprint density at radius 3 is 2.60 bits per heavy atom. The van der Waals surface area contributed by atoms with Crippen LogP contribution >= 0.6 is 15.9 Å². The van der Waals surface area contributed by atoms with Gasteiger partial charge < -0.3 is 14.8 Å². The molecule has 25 heavy (non-hydrogen) atoms. The summed E-state index contributed by atoms with van der Waals surface area (Å²) < 4.78 is 12.3. The molecule has 4 nitrogen and oxygen atoms in total. The first-order valence-corrected chi connectivity index (χ1v) is 9.32. The molecule has 5 heteroatoms. The molecule has 2 aromatic rings. The highest BCUT2D eigenvalue weighted by Gasteiger charge is 2.31. The summed E-state index contributed by atoms with van der Waals surface area (Å²) in [5.74, 6) is 1.27. The van der Waals surface area contributed by atoms with E-state index in [0.29, 0.717) is 31.1 Å². The van der Waals surface area contributed by atoms with E-state index in [0.717, 1.165) is 26.9 Å². The molecule has 0 saturated heterocycles. The summed E-state index contributed by atoms with van der Waals surface area (Å²) in [5, 5.41) is 2.97. The molecule has 0 bridgehead atoms. The van der Waals surface area contributed by atoms with Gasteiger partial charge in [0, 0.05) is 5.69 Å². The van der Waals surface area contributed by atoms with Gasteiger partial charge in [-0.05, 0) is 72.4 Å². The van der Waals surface area contributed by atoms with Crippen LogP contribution in [0.1, 0.15) is 36.5 Å². The van der Waals surface area contributed by atoms with Crippen LogP contribution in [0.15, 0.2) is 34.8 Å². The average Bonchev–Trinajstić information content (AvgIpc) is 2.86. The maximum absolute atomic E-state index is 12.4. The van der Waals surface area contributed by atoms with Gasteiger partial charge in [0.2, 0.25) is 5.91 Å². The average molecular weight is 404 g/mol. The molecule has 1 aliphatic heterocycles. The van der Waals surface area contributed by atoms with E-state index in [9.17, 15) is 4.79 Å². The molecular weight excluding hydrogens is 382 g/mol. The predicted molar refractivity (Wildman–Crippen MR) is 103 cm³/mol. The second-order valence-electron chi connectivity index (χ2n) is 6.11. The number of fused-ring (bicyclic) bond motifs is 1. The normalized spacial score (nSPS) is 15.7. The van der Waals surface area contributed by atoms with E-state index in [4.69, 9.17) is 9.47 Å². The lowest BCUT2D eigenvalue weighted by atomic mass is 9.92. The van der Waals surface area contributed by atoms with E-state index in [2.05, 4.69) is 27.3 Å². The number of aryl methyl sites for hydroxylation is 1. The summed E-state index contributed by atoms with van der Waals surface area (Å²) in [6.45, 7) is 7.05. The largest absolute Gasteiger partial charge is 0.490 e. The van der Waals surface area contributed by atoms with Gasteiger partial charge in [-0.1, -0.05) is 17.7 Å². The van der Waals surface area contributed by atoms with E-state index < -0.39 is 0 Å². The number of anilines is 1. The zero-order chi connectivity index (χ0) is 18.0. The molecule has 0 aliphatic carbocycles. The summed E-state index contributed by atoms with van der Waals surface area (Å²) in [6, 6.07) is 10.1. The summed E-state index contributed by atoms with van der Waals surface area (Å²) >= 11 is 3.57. The van der Waals surface area contributed by atoms with Crippen molar-refractivity contribution in [2.24, 2.45) is 0 Å². The molecule has 0 radical (unpaired) electrons. The molecule has 0 aromatic heterocycles. The smallest absolute Gasteiger partial charge is 0.232 e. The monoisotopic (exact) mass is 403 g/mol. The number of nitrogens with one attached hydrogen (secondary N) is 1. The van der Waals surface area contributed by atoms with Crippen LogP contribution < -0.4 is 14.8 Å². The number of halogens is 1. The van der Waals surface area contributed by atoms with Gasteiger partial charge in [-0.15, -0.1) is 0 Å². The Morgan fingerprint density at radius 1 is 1.12 bits per heavy atom. The molecule has 1 atom stereocenters. The van der Waals surface area contributed by atoms with E-state index in [-0.39, 0.29) is 11.8 Å². The highest BCUT2D eigenvalue weighted by molar-refractivity contribution is 9.10. The Labute approximate surface area is 156 Å². The Balaban J connectivity index is 1.93. The van der Waals surface area contributed by atoms with Crippen molar-refractivity contribution in [3.63, 3.8) is 0 Å². The highest BCUT2D eigenvalue weighted by Crippen LogP contribution is 2.40. The second kappa shape index (κ2) is 7.48. The number of hydrogen-bond donors (Lipinski definition) is 1. The van der Waals surface area contributed by atoms with E-state index in [1.54, 1.807) is 0 Å². The fraction of sp³-hybridized carbons (Fsp3) is 0.350. The van der Waals surface area contributed by atoms with Crippen molar-refractivity contribution in [1.29, 1.82) is 0 Å². The molecule has 1 amide bonds. The van der Waals surface area contributed by atoms with Crippen molar-refractivity contribution >= 4 is 27.5 Å². The van der Waals surface area contributed by atoms with Crippen LogP contribution in [0, 0.1) is 6.92 Å². The summed E-state index contributed by atoms with van der Waals surface area (Å²) in [5.41, 5.74) is 4.17. The Hall–Kier alpha value is -2.01. The molecule has 132 valence electrons. The lowest BCUT2D eigenvalue weighted by molar-refractivity contribution is -0.117. The van der Waals surface area contributed by atoms with Crippen LogP contribution in [-0.2, 0) is 11.2 Å². The first kappa shape index (κ1) is 17.8. The van der Waals surface area contributed by atoms with Crippen LogP contribution in [0.25, 0.3) is 0 Å². The van der Waals surface area contributed by atoms with Crippen molar-refractivity contribution in [3.05, 3.63) is 51.5 Å². The van der Waals surface area contributed by atoms with Gasteiger partial charge in [-0.3, -0.25) is 4.79 Å². The summed E-state index contributed by atoms with van der Waals surface area (Å²) in [7, 11) is 0. The van der Waals surface area contributed by atoms with Crippen molar-refractivity contribution in [1.82, 2.24) is 0 Å². The molecule has 1 heterocycles. The number of amides is 1. The molecule has 0 saturated carbocycles. The van der Waals surface area contributed by atoms with Gasteiger partial charge in [0.05, 0.1) is 23.6 Å². The van der Waals surface area contributed by atoms with E-state index in [1.807, 2.05) is 45.0 Å². The number of benzene rings is 2. The predicted octanol–water partition coefficient (Wildman–Crippen LogP) is 4.83. The molecule has 3 rings (SSSR count). The standard InChI is InChI=1S/C20H22BrNO3/c1-4-24-18-11-13(10-16(21)19(18)25-5-2)9-15-14-8-12(3)6-7-17(14)22-20(15)23/h6-8,10-11,15H,4-5,9H2,1-3H3,(H,22,23)/t15-/m0/s1. The summed E-state index contributed by atoms with van der Waals surface area (Å²) in [4.78, 5) is 12.4. The van der Waals surface area contributed by atoms with Crippen molar-refractivity contribution in [2.75, 3.05) is 18.5 Å². The third kappa shape index (κ3) is 3.66. The first-order chi connectivity index (χ1) is 12.0. The minimum absolute atomic E-state index is 0.0450. The molecule has 1 aliphatic rings. The van der Waals surface area contributed by atoms with Gasteiger partial charge in [-0.25, -0.2) is 0 Å². The SMILES string of the molecule is CCOc1cc(C[C@@H]2C(=O)Nc3ccc(C)cc32)cc(Br)c1OCC. The zero-order valence-electron chi connectivity index (χ0n) is 14.7. The fourth-order valence-electron chi connectivity index (χ4n) is 3.17. The van der Waals surface area contributed by atoms with Crippen LogP contribution in [0.3, 0.4) is 0 Å². The fourth-order valence-corrected chi connectivity index (χ4v) is 3.77. The highest BCUT2D eigenvalue weighted by atomic mass is 79.9. The molecular formula is C20H22BrNO3. The zero-order valence-corrected chi connectivity index (χ0v) is 16.3.